The van der Waals surface area contributed by atoms with Crippen LogP contribution in [-0.4, -0.2) is 19.4 Å². The van der Waals surface area contributed by atoms with Gasteiger partial charge in [-0.15, -0.1) is 0 Å². The van der Waals surface area contributed by atoms with Crippen LogP contribution in [-0.2, 0) is 13.6 Å². The average molecular weight is 278 g/mol. The molecule has 0 aromatic heterocycles. The minimum Gasteiger partial charge on any atom is -0.309 e. The second kappa shape index (κ2) is 10.00. The molecule has 0 radical (unpaired) electrons. The van der Waals surface area contributed by atoms with Crippen LogP contribution in [0, 0.1) is 11.8 Å². The monoisotopic (exact) mass is 278 g/mol. The highest BCUT2D eigenvalue weighted by Gasteiger charge is 2.24. The summed E-state index contributed by atoms with van der Waals surface area (Å²) in [4.78, 5) is 0. The van der Waals surface area contributed by atoms with Gasteiger partial charge >= 0.3 is 7.60 Å². The summed E-state index contributed by atoms with van der Waals surface area (Å²) in [5.41, 5.74) is 0. The maximum absolute atomic E-state index is 12.5. The van der Waals surface area contributed by atoms with Crippen molar-refractivity contribution < 1.29 is 13.6 Å². The fourth-order valence-corrected chi connectivity index (χ4v) is 3.44. The molecule has 0 fully saturated rings. The molecule has 1 unspecified atom stereocenters. The van der Waals surface area contributed by atoms with Gasteiger partial charge < -0.3 is 9.05 Å². The first kappa shape index (κ1) is 18.1. The van der Waals surface area contributed by atoms with Crippen LogP contribution in [0.15, 0.2) is 0 Å². The van der Waals surface area contributed by atoms with Crippen LogP contribution < -0.4 is 0 Å². The summed E-state index contributed by atoms with van der Waals surface area (Å²) in [7, 11) is -2.85. The topological polar surface area (TPSA) is 35.5 Å². The van der Waals surface area contributed by atoms with Gasteiger partial charge in [0.2, 0.25) is 0 Å². The normalized spacial score (nSPS) is 15.3. The molecule has 0 rings (SSSR count). The largest absolute Gasteiger partial charge is 0.330 e. The molecule has 0 aliphatic heterocycles. The molecular weight excluding hydrogens is 247 g/mol. The molecule has 0 bridgehead atoms. The highest BCUT2D eigenvalue weighted by molar-refractivity contribution is 7.53. The smallest absolute Gasteiger partial charge is 0.309 e. The number of rotatable bonds is 11. The van der Waals surface area contributed by atoms with Gasteiger partial charge in [-0.1, -0.05) is 41.0 Å². The van der Waals surface area contributed by atoms with Gasteiger partial charge in [-0.05, 0) is 31.1 Å². The molecule has 3 nitrogen and oxygen atoms in total. The molecule has 0 aliphatic rings. The van der Waals surface area contributed by atoms with Gasteiger partial charge in [0.25, 0.3) is 0 Å². The number of hydrogen-bond donors (Lipinski definition) is 0. The Morgan fingerprint density at radius 3 is 2.17 bits per heavy atom. The Hall–Kier alpha value is 0.150. The highest BCUT2D eigenvalue weighted by atomic mass is 31.2. The molecule has 18 heavy (non-hydrogen) atoms. The number of hydrogen-bond acceptors (Lipinski definition) is 3. The molecule has 0 heterocycles. The quantitative estimate of drug-likeness (QED) is 0.389. The van der Waals surface area contributed by atoms with Crippen LogP contribution in [0.3, 0.4) is 0 Å². The van der Waals surface area contributed by atoms with E-state index in [0.717, 1.165) is 25.7 Å². The zero-order valence-corrected chi connectivity index (χ0v) is 13.7. The molecule has 0 aromatic rings. The van der Waals surface area contributed by atoms with Crippen LogP contribution in [0.25, 0.3) is 0 Å². The molecule has 0 aromatic carbocycles. The Morgan fingerprint density at radius 2 is 1.67 bits per heavy atom. The van der Waals surface area contributed by atoms with Crippen molar-refractivity contribution in [2.45, 2.75) is 60.3 Å². The molecule has 0 N–H and O–H groups in total. The van der Waals surface area contributed by atoms with E-state index < -0.39 is 7.60 Å². The maximum Gasteiger partial charge on any atom is 0.330 e. The van der Waals surface area contributed by atoms with Crippen molar-refractivity contribution in [2.24, 2.45) is 11.8 Å². The third kappa shape index (κ3) is 10.1. The molecule has 0 aliphatic carbocycles. The third-order valence-electron chi connectivity index (χ3n) is 2.60. The zero-order valence-electron chi connectivity index (χ0n) is 12.8. The summed E-state index contributed by atoms with van der Waals surface area (Å²) in [5.74, 6) is 1.06. The minimum atomic E-state index is -2.85. The van der Waals surface area contributed by atoms with E-state index >= 15 is 0 Å². The van der Waals surface area contributed by atoms with Crippen molar-refractivity contribution in [1.82, 2.24) is 0 Å². The SMILES string of the molecule is CCCCP(=O)(OCCCC(C)C)OCC(C)C. The molecule has 4 heteroatoms. The Kier molecular flexibility index (Phi) is 10.1. The predicted molar refractivity (Wildman–Crippen MR) is 78.2 cm³/mol. The van der Waals surface area contributed by atoms with Gasteiger partial charge in [-0.2, -0.15) is 0 Å². The summed E-state index contributed by atoms with van der Waals surface area (Å²) in [5, 5.41) is 0. The van der Waals surface area contributed by atoms with E-state index in [1.54, 1.807) is 0 Å². The van der Waals surface area contributed by atoms with Crippen molar-refractivity contribution in [1.29, 1.82) is 0 Å². The summed E-state index contributed by atoms with van der Waals surface area (Å²) in [6, 6.07) is 0. The molecule has 0 saturated carbocycles. The lowest BCUT2D eigenvalue weighted by atomic mass is 10.1. The van der Waals surface area contributed by atoms with E-state index in [0.29, 0.717) is 31.2 Å². The van der Waals surface area contributed by atoms with E-state index in [1.807, 2.05) is 0 Å². The highest BCUT2D eigenvalue weighted by Crippen LogP contribution is 2.49. The molecular formula is C14H31O3P. The van der Waals surface area contributed by atoms with Crippen LogP contribution in [0.1, 0.15) is 60.3 Å². The van der Waals surface area contributed by atoms with E-state index in [-0.39, 0.29) is 0 Å². The summed E-state index contributed by atoms with van der Waals surface area (Å²) < 4.78 is 23.6. The van der Waals surface area contributed by atoms with Crippen LogP contribution in [0.2, 0.25) is 0 Å². The van der Waals surface area contributed by atoms with Gasteiger partial charge in [0.05, 0.1) is 19.4 Å². The van der Waals surface area contributed by atoms with Crippen molar-refractivity contribution in [3.8, 4) is 0 Å². The molecule has 0 spiro atoms. The van der Waals surface area contributed by atoms with E-state index in [4.69, 9.17) is 9.05 Å². The lowest BCUT2D eigenvalue weighted by Gasteiger charge is -2.19. The van der Waals surface area contributed by atoms with Crippen LogP contribution in [0.4, 0.5) is 0 Å². The van der Waals surface area contributed by atoms with Crippen LogP contribution in [0.5, 0.6) is 0 Å². The van der Waals surface area contributed by atoms with E-state index in [2.05, 4.69) is 34.6 Å². The van der Waals surface area contributed by atoms with Gasteiger partial charge in [-0.25, -0.2) is 0 Å². The molecule has 110 valence electrons. The van der Waals surface area contributed by atoms with Crippen molar-refractivity contribution in [2.75, 3.05) is 19.4 Å². The summed E-state index contributed by atoms with van der Waals surface area (Å²) >= 11 is 0. The van der Waals surface area contributed by atoms with Gasteiger partial charge in [0.15, 0.2) is 0 Å². The van der Waals surface area contributed by atoms with Gasteiger partial charge in [0.1, 0.15) is 0 Å². The van der Waals surface area contributed by atoms with E-state index in [9.17, 15) is 4.57 Å². The first-order valence-electron chi connectivity index (χ1n) is 7.27. The van der Waals surface area contributed by atoms with Crippen LogP contribution >= 0.6 is 7.60 Å². The Morgan fingerprint density at radius 1 is 1.00 bits per heavy atom. The lowest BCUT2D eigenvalue weighted by Crippen LogP contribution is -2.06. The first-order chi connectivity index (χ1) is 8.39. The lowest BCUT2D eigenvalue weighted by molar-refractivity contribution is 0.182. The van der Waals surface area contributed by atoms with Crippen molar-refractivity contribution in [3.63, 3.8) is 0 Å². The second-order valence-corrected chi connectivity index (χ2v) is 7.93. The van der Waals surface area contributed by atoms with Gasteiger partial charge in [-0.3, -0.25) is 4.57 Å². The molecule has 0 saturated heterocycles. The fraction of sp³-hybridized carbons (Fsp3) is 1.00. The Balaban J connectivity index is 4.07. The summed E-state index contributed by atoms with van der Waals surface area (Å²) in [6.45, 7) is 11.7. The second-order valence-electron chi connectivity index (χ2n) is 5.75. The standard InChI is InChI=1S/C14H31O3P/c1-6-7-11-18(15,17-12-14(4)5)16-10-8-9-13(2)3/h13-14H,6-12H2,1-5H3. The molecule has 1 atom stereocenters. The zero-order chi connectivity index (χ0) is 14.0. The fourth-order valence-electron chi connectivity index (χ4n) is 1.48. The number of unbranched alkanes of at least 4 members (excludes halogenated alkanes) is 1. The first-order valence-corrected chi connectivity index (χ1v) is 9.00. The third-order valence-corrected chi connectivity index (χ3v) is 4.59. The maximum atomic E-state index is 12.5. The predicted octanol–water partition coefficient (Wildman–Crippen LogP) is 5.11. The summed E-state index contributed by atoms with van der Waals surface area (Å²) in [6.07, 6.45) is 4.54. The van der Waals surface area contributed by atoms with Crippen molar-refractivity contribution >= 4 is 7.60 Å². The van der Waals surface area contributed by atoms with Crippen molar-refractivity contribution in [3.05, 3.63) is 0 Å². The average Bonchev–Trinajstić information content (AvgIpc) is 2.30. The Labute approximate surface area is 113 Å². The van der Waals surface area contributed by atoms with Gasteiger partial charge in [0, 0.05) is 0 Å². The molecule has 0 amide bonds. The Bertz CT molecular complexity index is 239. The minimum absolute atomic E-state index is 0.388. The van der Waals surface area contributed by atoms with E-state index in [1.165, 1.54) is 0 Å².